The Labute approximate surface area is 112 Å². The lowest BCUT2D eigenvalue weighted by atomic mass is 9.94. The number of nitrogens with one attached hydrogen (secondary N) is 1. The molecule has 1 N–H and O–H groups in total. The van der Waals surface area contributed by atoms with Gasteiger partial charge >= 0.3 is 0 Å². The summed E-state index contributed by atoms with van der Waals surface area (Å²) in [5.41, 5.74) is 2.50. The molecule has 0 aliphatic carbocycles. The standard InChI is InChI=1S/C16H15N3/c1-16(10-3-5-12-18-16)15-9-6-8-14(19-15)13-7-2-4-11-17-13/h2-12,18H,1H3. The molecule has 94 valence electrons. The monoisotopic (exact) mass is 249 g/mol. The highest BCUT2D eigenvalue weighted by Gasteiger charge is 2.24. The molecular weight excluding hydrogens is 234 g/mol. The van der Waals surface area contributed by atoms with Gasteiger partial charge in [0.2, 0.25) is 0 Å². The number of aromatic nitrogens is 2. The van der Waals surface area contributed by atoms with Gasteiger partial charge in [-0.2, -0.15) is 0 Å². The second-order valence-corrected chi connectivity index (χ2v) is 4.69. The normalized spacial score (nSPS) is 21.1. The molecule has 2 aromatic rings. The highest BCUT2D eigenvalue weighted by atomic mass is 15.0. The van der Waals surface area contributed by atoms with E-state index in [1.165, 1.54) is 0 Å². The summed E-state index contributed by atoms with van der Waals surface area (Å²) in [7, 11) is 0. The first kappa shape index (κ1) is 11.7. The van der Waals surface area contributed by atoms with E-state index < -0.39 is 0 Å². The average Bonchev–Trinajstić information content (AvgIpc) is 2.49. The summed E-state index contributed by atoms with van der Waals surface area (Å²) in [5.74, 6) is 0. The second-order valence-electron chi connectivity index (χ2n) is 4.69. The fraction of sp³-hybridized carbons (Fsp3) is 0.125. The Hall–Kier alpha value is -2.42. The van der Waals surface area contributed by atoms with Crippen molar-refractivity contribution in [2.45, 2.75) is 12.5 Å². The summed E-state index contributed by atoms with van der Waals surface area (Å²) in [6.45, 7) is 2.11. The minimum absolute atomic E-state index is 0.264. The Balaban J connectivity index is 2.01. The van der Waals surface area contributed by atoms with E-state index in [1.54, 1.807) is 6.20 Å². The third-order valence-electron chi connectivity index (χ3n) is 3.23. The van der Waals surface area contributed by atoms with Gasteiger partial charge in [0.25, 0.3) is 0 Å². The maximum atomic E-state index is 4.73. The van der Waals surface area contributed by atoms with E-state index in [2.05, 4.69) is 23.3 Å². The average molecular weight is 249 g/mol. The molecule has 0 bridgehead atoms. The van der Waals surface area contributed by atoms with E-state index in [0.717, 1.165) is 17.1 Å². The van der Waals surface area contributed by atoms with E-state index in [4.69, 9.17) is 4.98 Å². The fourth-order valence-electron chi connectivity index (χ4n) is 2.11. The molecule has 0 aromatic carbocycles. The van der Waals surface area contributed by atoms with Gasteiger partial charge in [-0.3, -0.25) is 4.98 Å². The summed E-state index contributed by atoms with van der Waals surface area (Å²) < 4.78 is 0. The van der Waals surface area contributed by atoms with Crippen LogP contribution in [0.25, 0.3) is 11.4 Å². The molecule has 1 aliphatic heterocycles. The van der Waals surface area contributed by atoms with E-state index in [-0.39, 0.29) is 5.54 Å². The minimum Gasteiger partial charge on any atom is -0.377 e. The van der Waals surface area contributed by atoms with Gasteiger partial charge in [0.05, 0.1) is 22.6 Å². The van der Waals surface area contributed by atoms with Crippen molar-refractivity contribution in [2.24, 2.45) is 0 Å². The first-order valence-corrected chi connectivity index (χ1v) is 6.29. The Morgan fingerprint density at radius 1 is 1.00 bits per heavy atom. The SMILES string of the molecule is CC1(c2cccc(-c3ccccn3)n2)C=CC=CN1. The lowest BCUT2D eigenvalue weighted by Crippen LogP contribution is -2.36. The van der Waals surface area contributed by atoms with E-state index >= 15 is 0 Å². The maximum Gasteiger partial charge on any atom is 0.0951 e. The van der Waals surface area contributed by atoms with Crippen LogP contribution in [0.15, 0.2) is 67.0 Å². The van der Waals surface area contributed by atoms with Gasteiger partial charge in [-0.05, 0) is 43.5 Å². The lowest BCUT2D eigenvalue weighted by Gasteiger charge is -2.28. The number of allylic oxidation sites excluding steroid dienone is 2. The largest absolute Gasteiger partial charge is 0.377 e. The van der Waals surface area contributed by atoms with Crippen LogP contribution in [-0.4, -0.2) is 9.97 Å². The molecule has 0 spiro atoms. The Bertz CT molecular complexity index is 631. The van der Waals surface area contributed by atoms with Crippen LogP contribution in [-0.2, 0) is 5.54 Å². The summed E-state index contributed by atoms with van der Waals surface area (Å²) >= 11 is 0. The lowest BCUT2D eigenvalue weighted by molar-refractivity contribution is 0.508. The smallest absolute Gasteiger partial charge is 0.0951 e. The predicted octanol–water partition coefficient (Wildman–Crippen LogP) is 3.03. The van der Waals surface area contributed by atoms with E-state index in [1.807, 2.05) is 54.8 Å². The zero-order chi connectivity index (χ0) is 13.1. The van der Waals surface area contributed by atoms with Crippen molar-refractivity contribution >= 4 is 0 Å². The number of nitrogens with zero attached hydrogens (tertiary/aromatic N) is 2. The molecule has 3 nitrogen and oxygen atoms in total. The van der Waals surface area contributed by atoms with Crippen LogP contribution < -0.4 is 5.32 Å². The van der Waals surface area contributed by atoms with Crippen LogP contribution in [0.3, 0.4) is 0 Å². The van der Waals surface area contributed by atoms with Gasteiger partial charge in [0.1, 0.15) is 0 Å². The van der Waals surface area contributed by atoms with Crippen LogP contribution in [0.4, 0.5) is 0 Å². The van der Waals surface area contributed by atoms with Crippen molar-refractivity contribution in [1.82, 2.24) is 15.3 Å². The molecule has 0 saturated carbocycles. The molecule has 2 aromatic heterocycles. The molecule has 0 saturated heterocycles. The summed E-state index contributed by atoms with van der Waals surface area (Å²) in [6, 6.07) is 11.9. The molecule has 1 unspecified atom stereocenters. The van der Waals surface area contributed by atoms with Crippen molar-refractivity contribution < 1.29 is 0 Å². The van der Waals surface area contributed by atoms with Crippen molar-refractivity contribution in [3.63, 3.8) is 0 Å². The molecule has 3 heteroatoms. The second kappa shape index (κ2) is 4.69. The van der Waals surface area contributed by atoms with Gasteiger partial charge in [-0.1, -0.05) is 24.3 Å². The van der Waals surface area contributed by atoms with Crippen LogP contribution >= 0.6 is 0 Å². The molecule has 0 radical (unpaired) electrons. The highest BCUT2D eigenvalue weighted by molar-refractivity contribution is 5.54. The number of dihydropyridines is 1. The summed E-state index contributed by atoms with van der Waals surface area (Å²) in [5, 5.41) is 3.34. The zero-order valence-corrected chi connectivity index (χ0v) is 10.7. The molecule has 3 heterocycles. The third kappa shape index (κ3) is 2.27. The highest BCUT2D eigenvalue weighted by Crippen LogP contribution is 2.24. The molecule has 19 heavy (non-hydrogen) atoms. The first-order chi connectivity index (χ1) is 9.28. The molecule has 3 rings (SSSR count). The first-order valence-electron chi connectivity index (χ1n) is 6.29. The fourth-order valence-corrected chi connectivity index (χ4v) is 2.11. The van der Waals surface area contributed by atoms with Gasteiger partial charge in [0, 0.05) is 6.20 Å². The number of hydrogen-bond donors (Lipinski definition) is 1. The molecular formula is C16H15N3. The van der Waals surface area contributed by atoms with Gasteiger partial charge in [-0.25, -0.2) is 4.98 Å². The topological polar surface area (TPSA) is 37.8 Å². The predicted molar refractivity (Wildman–Crippen MR) is 76.2 cm³/mol. The van der Waals surface area contributed by atoms with Crippen LogP contribution in [0.1, 0.15) is 12.6 Å². The Morgan fingerprint density at radius 2 is 1.89 bits per heavy atom. The van der Waals surface area contributed by atoms with Gasteiger partial charge in [0.15, 0.2) is 0 Å². The number of pyridine rings is 2. The molecule has 0 amide bonds. The number of hydrogen-bond acceptors (Lipinski definition) is 3. The summed E-state index contributed by atoms with van der Waals surface area (Å²) in [6.07, 6.45) is 9.84. The van der Waals surface area contributed by atoms with Crippen molar-refractivity contribution in [1.29, 1.82) is 0 Å². The minimum atomic E-state index is -0.264. The van der Waals surface area contributed by atoms with Gasteiger partial charge < -0.3 is 5.32 Å². The quantitative estimate of drug-likeness (QED) is 0.889. The maximum absolute atomic E-state index is 4.73. The summed E-state index contributed by atoms with van der Waals surface area (Å²) in [4.78, 5) is 9.07. The van der Waals surface area contributed by atoms with Crippen LogP contribution in [0.5, 0.6) is 0 Å². The molecule has 1 atom stereocenters. The van der Waals surface area contributed by atoms with E-state index in [0.29, 0.717) is 0 Å². The zero-order valence-electron chi connectivity index (χ0n) is 10.7. The Kier molecular flexibility index (Phi) is 2.88. The van der Waals surface area contributed by atoms with Crippen molar-refractivity contribution in [3.05, 3.63) is 72.7 Å². The van der Waals surface area contributed by atoms with Gasteiger partial charge in [-0.15, -0.1) is 0 Å². The molecule has 1 aliphatic rings. The molecule has 0 fully saturated rings. The van der Waals surface area contributed by atoms with Crippen LogP contribution in [0.2, 0.25) is 0 Å². The third-order valence-corrected chi connectivity index (χ3v) is 3.23. The van der Waals surface area contributed by atoms with Crippen molar-refractivity contribution in [2.75, 3.05) is 0 Å². The van der Waals surface area contributed by atoms with Crippen molar-refractivity contribution in [3.8, 4) is 11.4 Å². The van der Waals surface area contributed by atoms with Crippen LogP contribution in [0, 0.1) is 0 Å². The van der Waals surface area contributed by atoms with E-state index in [9.17, 15) is 0 Å². The Morgan fingerprint density at radius 3 is 2.63 bits per heavy atom. The number of rotatable bonds is 2.